The predicted octanol–water partition coefficient (Wildman–Crippen LogP) is 0.514. The second-order valence-electron chi connectivity index (χ2n) is 7.05. The van der Waals surface area contributed by atoms with E-state index in [0.29, 0.717) is 24.1 Å². The Morgan fingerprint density at radius 1 is 1.31 bits per heavy atom. The molecule has 9 nitrogen and oxygen atoms in total. The molecule has 1 amide bonds. The summed E-state index contributed by atoms with van der Waals surface area (Å²) in [5.41, 5.74) is 6.76. The van der Waals surface area contributed by atoms with E-state index in [-0.39, 0.29) is 47.9 Å². The van der Waals surface area contributed by atoms with Crippen molar-refractivity contribution in [2.45, 2.75) is 24.7 Å². The van der Waals surface area contributed by atoms with Gasteiger partial charge in [-0.25, -0.2) is 17.8 Å². The van der Waals surface area contributed by atoms with Crippen molar-refractivity contribution in [1.29, 1.82) is 0 Å². The van der Waals surface area contributed by atoms with Gasteiger partial charge in [-0.3, -0.25) is 9.48 Å². The number of aromatic nitrogens is 3. The molecule has 0 bridgehead atoms. The Morgan fingerprint density at radius 3 is 2.72 bits per heavy atom. The zero-order chi connectivity index (χ0) is 19.9. The molecular weight excluding hydrogens is 425 g/mol. The van der Waals surface area contributed by atoms with Crippen molar-refractivity contribution in [2.75, 3.05) is 24.6 Å². The molecule has 0 aromatic carbocycles. The average molecular weight is 446 g/mol. The molecule has 0 radical (unpaired) electrons. The fourth-order valence-corrected chi connectivity index (χ4v) is 4.71. The molecule has 4 heterocycles. The summed E-state index contributed by atoms with van der Waals surface area (Å²) in [6.45, 7) is 0.801. The molecule has 0 saturated carbocycles. The smallest absolute Gasteiger partial charge is 0.254 e. The van der Waals surface area contributed by atoms with Crippen LogP contribution in [0.2, 0.25) is 0 Å². The number of piperidine rings is 1. The third-order valence-corrected chi connectivity index (χ3v) is 6.71. The van der Waals surface area contributed by atoms with Crippen LogP contribution in [0.4, 0.5) is 4.39 Å². The van der Waals surface area contributed by atoms with E-state index in [2.05, 4.69) is 15.4 Å². The van der Waals surface area contributed by atoms with Crippen molar-refractivity contribution in [3.05, 3.63) is 30.2 Å². The van der Waals surface area contributed by atoms with E-state index in [1.807, 2.05) is 0 Å². The lowest BCUT2D eigenvalue weighted by molar-refractivity contribution is 0.0676. The van der Waals surface area contributed by atoms with Crippen LogP contribution in [-0.4, -0.2) is 66.0 Å². The highest BCUT2D eigenvalue weighted by atomic mass is 35.5. The number of nitrogens with one attached hydrogen (secondary N) is 1. The summed E-state index contributed by atoms with van der Waals surface area (Å²) in [6, 6.07) is 1.34. The van der Waals surface area contributed by atoms with E-state index in [1.165, 1.54) is 12.3 Å². The molecule has 2 aliphatic rings. The van der Waals surface area contributed by atoms with Gasteiger partial charge < -0.3 is 15.8 Å². The van der Waals surface area contributed by atoms with Gasteiger partial charge >= 0.3 is 0 Å². The molecule has 158 valence electrons. The number of nitrogens with two attached hydrogens (primary N) is 1. The largest absolute Gasteiger partial charge is 0.471 e. The van der Waals surface area contributed by atoms with Gasteiger partial charge in [-0.05, 0) is 19.0 Å². The summed E-state index contributed by atoms with van der Waals surface area (Å²) in [6.07, 6.45) is 3.33. The van der Waals surface area contributed by atoms with E-state index in [1.54, 1.807) is 17.1 Å². The summed E-state index contributed by atoms with van der Waals surface area (Å²) >= 11 is 0. The third kappa shape index (κ3) is 4.51. The minimum Gasteiger partial charge on any atom is -0.471 e. The molecule has 2 aromatic heterocycles. The average Bonchev–Trinajstić information content (AvgIpc) is 3.11. The number of rotatable bonds is 5. The topological polar surface area (TPSA) is 129 Å². The number of pyridine rings is 1. The maximum Gasteiger partial charge on any atom is 0.254 e. The number of sulfone groups is 1. The number of carbonyl (C=O) groups excluding carboxylic acids is 1. The Hall–Kier alpha value is -2.24. The molecule has 4 rings (SSSR count). The quantitative estimate of drug-likeness (QED) is 0.686. The molecule has 0 spiro atoms. The number of primary amides is 1. The Balaban J connectivity index is 0.00000240. The number of amides is 1. The highest BCUT2D eigenvalue weighted by Gasteiger charge is 2.35. The standard InChI is InChI=1S/C17H20FN5O4S.ClH/c18-14-6-20-2-1-15(14)27-17-13(16(19)24)3-10(4-21-17)11-5-22-23(7-11)12-8-28(25,26)9-12;/h3-5,7,12,14-15,20H,1-2,6,8-9H2,(H2,19,24);1H. The summed E-state index contributed by atoms with van der Waals surface area (Å²) in [5, 5.41) is 7.13. The predicted molar refractivity (Wildman–Crippen MR) is 106 cm³/mol. The van der Waals surface area contributed by atoms with Crippen LogP contribution in [0.5, 0.6) is 5.88 Å². The second kappa shape index (κ2) is 8.25. The first-order valence-corrected chi connectivity index (χ1v) is 10.7. The lowest BCUT2D eigenvalue weighted by Crippen LogP contribution is -2.44. The van der Waals surface area contributed by atoms with E-state index < -0.39 is 28.0 Å². The molecule has 2 aromatic rings. The Morgan fingerprint density at radius 2 is 2.07 bits per heavy atom. The minimum atomic E-state index is -2.96. The van der Waals surface area contributed by atoms with Gasteiger partial charge in [0.25, 0.3) is 5.91 Å². The van der Waals surface area contributed by atoms with Crippen LogP contribution in [0.3, 0.4) is 0 Å². The number of ether oxygens (including phenoxy) is 1. The lowest BCUT2D eigenvalue weighted by atomic mass is 10.1. The Bertz CT molecular complexity index is 1000. The number of halogens is 2. The molecule has 2 saturated heterocycles. The highest BCUT2D eigenvalue weighted by Crippen LogP contribution is 2.29. The van der Waals surface area contributed by atoms with Gasteiger partial charge in [-0.2, -0.15) is 5.10 Å². The molecule has 0 aliphatic carbocycles. The van der Waals surface area contributed by atoms with Crippen LogP contribution in [0.25, 0.3) is 11.1 Å². The zero-order valence-electron chi connectivity index (χ0n) is 15.3. The maximum absolute atomic E-state index is 14.0. The van der Waals surface area contributed by atoms with Gasteiger partial charge in [0, 0.05) is 30.1 Å². The van der Waals surface area contributed by atoms with Crippen molar-refractivity contribution in [1.82, 2.24) is 20.1 Å². The first-order valence-electron chi connectivity index (χ1n) is 8.88. The normalized spacial score (nSPS) is 23.6. The van der Waals surface area contributed by atoms with Crippen LogP contribution in [-0.2, 0) is 9.84 Å². The lowest BCUT2D eigenvalue weighted by Gasteiger charge is -2.27. The monoisotopic (exact) mass is 445 g/mol. The Labute approximate surface area is 173 Å². The van der Waals surface area contributed by atoms with E-state index >= 15 is 0 Å². The fraction of sp³-hybridized carbons (Fsp3) is 0.471. The number of carbonyl (C=O) groups is 1. The Kier molecular flexibility index (Phi) is 6.11. The van der Waals surface area contributed by atoms with E-state index in [4.69, 9.17) is 10.5 Å². The molecule has 2 unspecified atom stereocenters. The molecule has 2 atom stereocenters. The van der Waals surface area contributed by atoms with Gasteiger partial charge in [0.1, 0.15) is 17.8 Å². The first-order chi connectivity index (χ1) is 13.3. The van der Waals surface area contributed by atoms with E-state index in [0.717, 1.165) is 0 Å². The molecular formula is C17H21ClFN5O4S. The molecule has 3 N–H and O–H groups in total. The summed E-state index contributed by atoms with van der Waals surface area (Å²) in [5.74, 6) is -0.604. The van der Waals surface area contributed by atoms with Crippen LogP contribution in [0.1, 0.15) is 22.8 Å². The third-order valence-electron chi connectivity index (χ3n) is 4.93. The van der Waals surface area contributed by atoms with Crippen molar-refractivity contribution >= 4 is 28.2 Å². The van der Waals surface area contributed by atoms with Crippen molar-refractivity contribution in [2.24, 2.45) is 5.73 Å². The molecule has 29 heavy (non-hydrogen) atoms. The minimum absolute atomic E-state index is 0. The first kappa shape index (κ1) is 21.5. The highest BCUT2D eigenvalue weighted by molar-refractivity contribution is 7.92. The van der Waals surface area contributed by atoms with Gasteiger partial charge in [0.2, 0.25) is 5.88 Å². The van der Waals surface area contributed by atoms with Crippen molar-refractivity contribution in [3.63, 3.8) is 0 Å². The second-order valence-corrected chi connectivity index (χ2v) is 9.20. The summed E-state index contributed by atoms with van der Waals surface area (Å²) in [4.78, 5) is 16.1. The number of nitrogens with zero attached hydrogens (tertiary/aromatic N) is 3. The van der Waals surface area contributed by atoms with Crippen LogP contribution in [0.15, 0.2) is 24.7 Å². The molecule has 2 aliphatic heterocycles. The maximum atomic E-state index is 14.0. The van der Waals surface area contributed by atoms with E-state index in [9.17, 15) is 17.6 Å². The molecule has 2 fully saturated rings. The van der Waals surface area contributed by atoms with Gasteiger partial charge in [-0.1, -0.05) is 0 Å². The number of alkyl halides is 1. The van der Waals surface area contributed by atoms with Gasteiger partial charge in [0.05, 0.1) is 23.7 Å². The van der Waals surface area contributed by atoms with Crippen LogP contribution < -0.4 is 15.8 Å². The van der Waals surface area contributed by atoms with Crippen molar-refractivity contribution < 1.29 is 22.3 Å². The summed E-state index contributed by atoms with van der Waals surface area (Å²) in [7, 11) is -2.96. The SMILES string of the molecule is Cl.NC(=O)c1cc(-c2cnn(C3CS(=O)(=O)C3)c2)cnc1OC1CCNCC1F. The number of hydrogen-bond donors (Lipinski definition) is 2. The van der Waals surface area contributed by atoms with Crippen LogP contribution >= 0.6 is 12.4 Å². The number of hydrogen-bond acceptors (Lipinski definition) is 7. The van der Waals surface area contributed by atoms with Gasteiger partial charge in [-0.15, -0.1) is 12.4 Å². The summed E-state index contributed by atoms with van der Waals surface area (Å²) < 4.78 is 43.9. The molecule has 12 heteroatoms. The van der Waals surface area contributed by atoms with Crippen LogP contribution in [0, 0.1) is 0 Å². The fourth-order valence-electron chi connectivity index (χ4n) is 3.33. The van der Waals surface area contributed by atoms with Gasteiger partial charge in [0.15, 0.2) is 9.84 Å². The zero-order valence-corrected chi connectivity index (χ0v) is 17.0. The van der Waals surface area contributed by atoms with Crippen molar-refractivity contribution in [3.8, 4) is 17.0 Å².